The maximum absolute atomic E-state index is 13.3. The summed E-state index contributed by atoms with van der Waals surface area (Å²) in [7, 11) is 0. The molecule has 1 amide bonds. The standard InChI is InChI=1S/C17H19F2N3O/c18-15-3-2-14(12-16(15)19)13-4-9-21(10-5-13)17(23)6-11-22-8-1-7-20-22/h1-3,7-8,12-13H,4-6,9-11H2. The van der Waals surface area contributed by atoms with E-state index in [0.29, 0.717) is 26.1 Å². The van der Waals surface area contributed by atoms with Gasteiger partial charge in [-0.05, 0) is 42.5 Å². The molecule has 1 saturated heterocycles. The van der Waals surface area contributed by atoms with E-state index < -0.39 is 11.6 Å². The van der Waals surface area contributed by atoms with E-state index in [4.69, 9.17) is 0 Å². The zero-order chi connectivity index (χ0) is 16.2. The summed E-state index contributed by atoms with van der Waals surface area (Å²) >= 11 is 0. The first-order valence-corrected chi connectivity index (χ1v) is 7.83. The normalized spacial score (nSPS) is 15.8. The fourth-order valence-corrected chi connectivity index (χ4v) is 3.03. The first kappa shape index (κ1) is 15.6. The molecule has 0 radical (unpaired) electrons. The van der Waals surface area contributed by atoms with Crippen molar-refractivity contribution in [2.75, 3.05) is 13.1 Å². The molecule has 4 nitrogen and oxygen atoms in total. The van der Waals surface area contributed by atoms with Crippen LogP contribution in [0.1, 0.15) is 30.7 Å². The van der Waals surface area contributed by atoms with Crippen molar-refractivity contribution in [2.45, 2.75) is 31.7 Å². The number of carbonyl (C=O) groups excluding carboxylic acids is 1. The van der Waals surface area contributed by atoms with Gasteiger partial charge >= 0.3 is 0 Å². The van der Waals surface area contributed by atoms with E-state index in [0.717, 1.165) is 18.4 Å². The Bertz CT molecular complexity index is 664. The molecule has 2 heterocycles. The second-order valence-corrected chi connectivity index (χ2v) is 5.85. The number of hydrogen-bond donors (Lipinski definition) is 0. The quantitative estimate of drug-likeness (QED) is 0.869. The summed E-state index contributed by atoms with van der Waals surface area (Å²) in [4.78, 5) is 14.1. The minimum absolute atomic E-state index is 0.115. The second kappa shape index (κ2) is 6.89. The zero-order valence-corrected chi connectivity index (χ0v) is 12.8. The molecule has 1 aliphatic rings. The molecule has 0 aliphatic carbocycles. The van der Waals surface area contributed by atoms with Crippen molar-refractivity contribution in [1.29, 1.82) is 0 Å². The van der Waals surface area contributed by atoms with Gasteiger partial charge in [-0.1, -0.05) is 6.07 Å². The van der Waals surface area contributed by atoms with Gasteiger partial charge in [0.05, 0.1) is 0 Å². The average Bonchev–Trinajstić information content (AvgIpc) is 3.09. The summed E-state index contributed by atoms with van der Waals surface area (Å²) in [5.41, 5.74) is 0.813. The van der Waals surface area contributed by atoms with Gasteiger partial charge in [-0.3, -0.25) is 9.48 Å². The van der Waals surface area contributed by atoms with Gasteiger partial charge in [0.15, 0.2) is 11.6 Å². The summed E-state index contributed by atoms with van der Waals surface area (Å²) in [6.45, 7) is 1.89. The fourth-order valence-electron chi connectivity index (χ4n) is 3.03. The van der Waals surface area contributed by atoms with Crippen LogP contribution >= 0.6 is 0 Å². The summed E-state index contributed by atoms with van der Waals surface area (Å²) < 4.78 is 28.1. The van der Waals surface area contributed by atoms with Gasteiger partial charge in [0, 0.05) is 38.4 Å². The van der Waals surface area contributed by atoms with Crippen LogP contribution in [0.3, 0.4) is 0 Å². The predicted molar refractivity (Wildman–Crippen MR) is 81.8 cm³/mol. The molecule has 0 N–H and O–H groups in total. The Hall–Kier alpha value is -2.24. The molecule has 1 aromatic heterocycles. The van der Waals surface area contributed by atoms with E-state index in [-0.39, 0.29) is 11.8 Å². The van der Waals surface area contributed by atoms with Crippen LogP contribution < -0.4 is 0 Å². The third kappa shape index (κ3) is 3.75. The lowest BCUT2D eigenvalue weighted by Crippen LogP contribution is -2.38. The van der Waals surface area contributed by atoms with Gasteiger partial charge < -0.3 is 4.90 Å². The Kier molecular flexibility index (Phi) is 4.69. The largest absolute Gasteiger partial charge is 0.343 e. The van der Waals surface area contributed by atoms with E-state index in [1.165, 1.54) is 12.1 Å². The number of aromatic nitrogens is 2. The smallest absolute Gasteiger partial charge is 0.224 e. The maximum atomic E-state index is 13.3. The summed E-state index contributed by atoms with van der Waals surface area (Å²) in [6, 6.07) is 5.91. The summed E-state index contributed by atoms with van der Waals surface area (Å²) in [5.74, 6) is -1.33. The van der Waals surface area contributed by atoms with Gasteiger partial charge in [0.2, 0.25) is 5.91 Å². The number of benzene rings is 1. The number of piperidine rings is 1. The van der Waals surface area contributed by atoms with Crippen LogP contribution in [0.5, 0.6) is 0 Å². The highest BCUT2D eigenvalue weighted by molar-refractivity contribution is 5.76. The summed E-state index contributed by atoms with van der Waals surface area (Å²) in [6.07, 6.45) is 5.51. The lowest BCUT2D eigenvalue weighted by atomic mass is 9.89. The molecule has 1 aromatic carbocycles. The molecule has 0 spiro atoms. The van der Waals surface area contributed by atoms with Crippen molar-refractivity contribution in [2.24, 2.45) is 0 Å². The Labute approximate surface area is 133 Å². The number of halogens is 2. The lowest BCUT2D eigenvalue weighted by molar-refractivity contribution is -0.132. The van der Waals surface area contributed by atoms with Crippen LogP contribution in [0.25, 0.3) is 0 Å². The number of carbonyl (C=O) groups is 1. The van der Waals surface area contributed by atoms with Crippen LogP contribution in [0.2, 0.25) is 0 Å². The molecule has 0 bridgehead atoms. The number of nitrogens with zero attached hydrogens (tertiary/aromatic N) is 3. The van der Waals surface area contributed by atoms with Crippen molar-refractivity contribution in [3.05, 3.63) is 53.9 Å². The molecule has 0 saturated carbocycles. The van der Waals surface area contributed by atoms with Crippen LogP contribution in [-0.2, 0) is 11.3 Å². The van der Waals surface area contributed by atoms with E-state index >= 15 is 0 Å². The van der Waals surface area contributed by atoms with Gasteiger partial charge in [-0.2, -0.15) is 5.10 Å². The Morgan fingerprint density at radius 1 is 1.22 bits per heavy atom. The van der Waals surface area contributed by atoms with Gasteiger partial charge in [0.1, 0.15) is 0 Å². The van der Waals surface area contributed by atoms with Crippen molar-refractivity contribution < 1.29 is 13.6 Å². The number of hydrogen-bond acceptors (Lipinski definition) is 2. The Balaban J connectivity index is 1.51. The highest BCUT2D eigenvalue weighted by Crippen LogP contribution is 2.29. The summed E-state index contributed by atoms with van der Waals surface area (Å²) in [5, 5.41) is 4.08. The van der Waals surface area contributed by atoms with Crippen LogP contribution in [0.4, 0.5) is 8.78 Å². The van der Waals surface area contributed by atoms with E-state index in [2.05, 4.69) is 5.10 Å². The minimum atomic E-state index is -0.819. The Morgan fingerprint density at radius 3 is 2.65 bits per heavy atom. The van der Waals surface area contributed by atoms with Crippen molar-refractivity contribution in [3.63, 3.8) is 0 Å². The third-order valence-electron chi connectivity index (χ3n) is 4.38. The van der Waals surface area contributed by atoms with Gasteiger partial charge in [-0.15, -0.1) is 0 Å². The molecule has 122 valence electrons. The zero-order valence-electron chi connectivity index (χ0n) is 12.8. The number of aryl methyl sites for hydroxylation is 1. The van der Waals surface area contributed by atoms with E-state index in [1.54, 1.807) is 16.9 Å². The van der Waals surface area contributed by atoms with Gasteiger partial charge in [-0.25, -0.2) is 8.78 Å². The molecule has 2 aromatic rings. The minimum Gasteiger partial charge on any atom is -0.343 e. The molecular formula is C17H19F2N3O. The van der Waals surface area contributed by atoms with Crippen LogP contribution in [0, 0.1) is 11.6 Å². The number of amides is 1. The van der Waals surface area contributed by atoms with Crippen LogP contribution in [-0.4, -0.2) is 33.7 Å². The van der Waals surface area contributed by atoms with E-state index in [9.17, 15) is 13.6 Å². The molecule has 1 fully saturated rings. The predicted octanol–water partition coefficient (Wildman–Crippen LogP) is 2.96. The molecule has 6 heteroatoms. The van der Waals surface area contributed by atoms with E-state index in [1.807, 2.05) is 17.2 Å². The highest BCUT2D eigenvalue weighted by Gasteiger charge is 2.24. The molecule has 1 aliphatic heterocycles. The molecular weight excluding hydrogens is 300 g/mol. The van der Waals surface area contributed by atoms with Crippen LogP contribution in [0.15, 0.2) is 36.7 Å². The number of rotatable bonds is 4. The Morgan fingerprint density at radius 2 is 2.00 bits per heavy atom. The van der Waals surface area contributed by atoms with Crippen molar-refractivity contribution in [1.82, 2.24) is 14.7 Å². The molecule has 23 heavy (non-hydrogen) atoms. The van der Waals surface area contributed by atoms with Gasteiger partial charge in [0.25, 0.3) is 0 Å². The maximum Gasteiger partial charge on any atom is 0.224 e. The SMILES string of the molecule is O=C(CCn1cccn1)N1CCC(c2ccc(F)c(F)c2)CC1. The third-order valence-corrected chi connectivity index (χ3v) is 4.38. The highest BCUT2D eigenvalue weighted by atomic mass is 19.2. The monoisotopic (exact) mass is 319 g/mol. The fraction of sp³-hybridized carbons (Fsp3) is 0.412. The lowest BCUT2D eigenvalue weighted by Gasteiger charge is -2.32. The molecule has 0 unspecified atom stereocenters. The molecule has 0 atom stereocenters. The molecule has 3 rings (SSSR count). The second-order valence-electron chi connectivity index (χ2n) is 5.85. The number of likely N-dealkylation sites (tertiary alicyclic amines) is 1. The average molecular weight is 319 g/mol. The van der Waals surface area contributed by atoms with Crippen molar-refractivity contribution in [3.8, 4) is 0 Å². The van der Waals surface area contributed by atoms with Crippen molar-refractivity contribution >= 4 is 5.91 Å². The topological polar surface area (TPSA) is 38.1 Å². The first-order chi connectivity index (χ1) is 11.1. The first-order valence-electron chi connectivity index (χ1n) is 7.83.